The zero-order valence-corrected chi connectivity index (χ0v) is 15.4. The maximum Gasteiger partial charge on any atom is 0.302 e. The number of aliphatic hydroxyl groups excluding tert-OH is 1. The van der Waals surface area contributed by atoms with Crippen LogP contribution in [-0.4, -0.2) is 23.3 Å². The number of carbonyl (C=O) groups is 1. The molecule has 134 valence electrons. The zero-order valence-electron chi connectivity index (χ0n) is 15.4. The third-order valence-corrected chi connectivity index (χ3v) is 8.34. The van der Waals surface area contributed by atoms with Crippen LogP contribution in [0.4, 0.5) is 0 Å². The topological polar surface area (TPSA) is 46.5 Å². The minimum atomic E-state index is -0.147. The molecule has 0 saturated heterocycles. The Kier molecular flexibility index (Phi) is 3.87. The normalized spacial score (nSPS) is 50.3. The van der Waals surface area contributed by atoms with E-state index in [1.165, 1.54) is 26.2 Å². The monoisotopic (exact) mass is 332 g/mol. The number of fused-ring (bicyclic) bond motifs is 5. The smallest absolute Gasteiger partial charge is 0.302 e. The third kappa shape index (κ3) is 2.30. The zero-order chi connectivity index (χ0) is 17.1. The summed E-state index contributed by atoms with van der Waals surface area (Å²) in [7, 11) is 0. The van der Waals surface area contributed by atoms with Crippen LogP contribution in [0.2, 0.25) is 0 Å². The highest BCUT2D eigenvalue weighted by atomic mass is 16.5. The van der Waals surface area contributed by atoms with Crippen molar-refractivity contribution in [2.24, 2.45) is 28.6 Å². The molecule has 3 fully saturated rings. The van der Waals surface area contributed by atoms with Gasteiger partial charge in [0.05, 0.1) is 6.10 Å². The van der Waals surface area contributed by atoms with Crippen LogP contribution in [-0.2, 0) is 9.53 Å². The van der Waals surface area contributed by atoms with Crippen molar-refractivity contribution >= 4 is 5.97 Å². The summed E-state index contributed by atoms with van der Waals surface area (Å²) in [6, 6.07) is 0. The minimum Gasteiger partial charge on any atom is -0.462 e. The minimum absolute atomic E-state index is 0.0838. The van der Waals surface area contributed by atoms with Gasteiger partial charge in [0, 0.05) is 13.3 Å². The van der Waals surface area contributed by atoms with Gasteiger partial charge in [-0.2, -0.15) is 0 Å². The first-order valence-electron chi connectivity index (χ1n) is 9.89. The van der Waals surface area contributed by atoms with Crippen molar-refractivity contribution in [2.45, 2.75) is 84.3 Å². The maximum atomic E-state index is 11.3. The van der Waals surface area contributed by atoms with Gasteiger partial charge in [-0.05, 0) is 73.5 Å². The molecule has 3 saturated carbocycles. The molecule has 0 bridgehead atoms. The van der Waals surface area contributed by atoms with Crippen LogP contribution < -0.4 is 0 Å². The molecule has 0 radical (unpaired) electrons. The fraction of sp³-hybridized carbons (Fsp3) is 0.857. The van der Waals surface area contributed by atoms with E-state index in [1.807, 2.05) is 0 Å². The van der Waals surface area contributed by atoms with E-state index >= 15 is 0 Å². The Bertz CT molecular complexity index is 567. The van der Waals surface area contributed by atoms with Gasteiger partial charge in [0.15, 0.2) is 0 Å². The number of rotatable bonds is 1. The van der Waals surface area contributed by atoms with E-state index in [-0.39, 0.29) is 29.0 Å². The average Bonchev–Trinajstić information content (AvgIpc) is 2.83. The number of ether oxygens (including phenoxy) is 1. The van der Waals surface area contributed by atoms with Crippen molar-refractivity contribution in [2.75, 3.05) is 0 Å². The Balaban J connectivity index is 1.59. The molecule has 0 heterocycles. The SMILES string of the molecule is CC(=O)O[C@H]1CC[C@@]2(C)C(=CC[C@H]3[C@H]4CC[C@H](O)[C@@]4(C)CC[C@@H]32)C1. The first kappa shape index (κ1) is 16.6. The molecule has 4 aliphatic carbocycles. The van der Waals surface area contributed by atoms with Crippen LogP contribution in [0.5, 0.6) is 0 Å². The van der Waals surface area contributed by atoms with E-state index in [1.54, 1.807) is 5.57 Å². The number of carbonyl (C=O) groups excluding carboxylic acids is 1. The number of allylic oxidation sites excluding steroid dienone is 1. The van der Waals surface area contributed by atoms with Crippen molar-refractivity contribution in [3.63, 3.8) is 0 Å². The van der Waals surface area contributed by atoms with Gasteiger partial charge in [-0.1, -0.05) is 25.5 Å². The second kappa shape index (κ2) is 5.59. The van der Waals surface area contributed by atoms with Gasteiger partial charge in [0.1, 0.15) is 6.10 Å². The largest absolute Gasteiger partial charge is 0.462 e. The summed E-state index contributed by atoms with van der Waals surface area (Å²) < 4.78 is 5.51. The standard InChI is InChI=1S/C21H32O3/c1-13(22)24-15-8-10-20(2)14(12-15)4-5-16-17-6-7-19(23)21(17,3)11-9-18(16)20/h4,15-19,23H,5-12H2,1-3H3/t15-,16-,17+,18-,19-,20-,21-/m0/s1. The lowest BCUT2D eigenvalue weighted by molar-refractivity contribution is -0.148. The number of aliphatic hydroxyl groups is 1. The molecule has 0 unspecified atom stereocenters. The van der Waals surface area contributed by atoms with Gasteiger partial charge in [0.25, 0.3) is 0 Å². The second-order valence-corrected chi connectivity index (χ2v) is 9.37. The Morgan fingerprint density at radius 1 is 1.17 bits per heavy atom. The van der Waals surface area contributed by atoms with E-state index in [0.29, 0.717) is 5.92 Å². The van der Waals surface area contributed by atoms with Gasteiger partial charge >= 0.3 is 5.97 Å². The highest BCUT2D eigenvalue weighted by Crippen LogP contribution is 2.64. The van der Waals surface area contributed by atoms with Gasteiger partial charge in [-0.25, -0.2) is 0 Å². The molecule has 0 amide bonds. The van der Waals surface area contributed by atoms with Crippen LogP contribution in [0.3, 0.4) is 0 Å². The molecular weight excluding hydrogens is 300 g/mol. The molecule has 4 aliphatic rings. The molecule has 3 nitrogen and oxygen atoms in total. The highest BCUT2D eigenvalue weighted by Gasteiger charge is 2.58. The molecule has 0 spiro atoms. The Labute approximate surface area is 145 Å². The van der Waals surface area contributed by atoms with Crippen molar-refractivity contribution in [3.8, 4) is 0 Å². The summed E-state index contributed by atoms with van der Waals surface area (Å²) in [5.74, 6) is 2.03. The number of hydrogen-bond acceptors (Lipinski definition) is 3. The van der Waals surface area contributed by atoms with Crippen molar-refractivity contribution in [1.29, 1.82) is 0 Å². The van der Waals surface area contributed by atoms with E-state index in [2.05, 4.69) is 19.9 Å². The molecule has 24 heavy (non-hydrogen) atoms. The molecule has 0 aliphatic heterocycles. The summed E-state index contributed by atoms with van der Waals surface area (Å²) in [6.07, 6.45) is 11.3. The second-order valence-electron chi connectivity index (χ2n) is 9.37. The van der Waals surface area contributed by atoms with Gasteiger partial charge in [0.2, 0.25) is 0 Å². The van der Waals surface area contributed by atoms with Crippen LogP contribution in [0.1, 0.15) is 72.1 Å². The summed E-state index contributed by atoms with van der Waals surface area (Å²) in [5.41, 5.74) is 1.98. The Morgan fingerprint density at radius 2 is 1.96 bits per heavy atom. The average molecular weight is 332 g/mol. The lowest BCUT2D eigenvalue weighted by Gasteiger charge is -2.57. The maximum absolute atomic E-state index is 11.3. The summed E-state index contributed by atoms with van der Waals surface area (Å²) in [5, 5.41) is 10.5. The van der Waals surface area contributed by atoms with E-state index in [4.69, 9.17) is 4.74 Å². The molecule has 1 N–H and O–H groups in total. The third-order valence-electron chi connectivity index (χ3n) is 8.34. The van der Waals surface area contributed by atoms with Crippen molar-refractivity contribution in [3.05, 3.63) is 11.6 Å². The molecule has 0 aromatic rings. The fourth-order valence-electron chi connectivity index (χ4n) is 6.94. The van der Waals surface area contributed by atoms with Crippen LogP contribution >= 0.6 is 0 Å². The summed E-state index contributed by atoms with van der Waals surface area (Å²) in [6.45, 7) is 6.32. The van der Waals surface area contributed by atoms with E-state index in [9.17, 15) is 9.90 Å². The summed E-state index contributed by atoms with van der Waals surface area (Å²) in [4.78, 5) is 11.3. The van der Waals surface area contributed by atoms with Crippen LogP contribution in [0.25, 0.3) is 0 Å². The van der Waals surface area contributed by atoms with Gasteiger partial charge < -0.3 is 9.84 Å². The first-order valence-corrected chi connectivity index (χ1v) is 9.89. The number of hydrogen-bond donors (Lipinski definition) is 1. The van der Waals surface area contributed by atoms with E-state index in [0.717, 1.165) is 43.9 Å². The lowest BCUT2D eigenvalue weighted by Crippen LogP contribution is -2.51. The molecule has 7 atom stereocenters. The van der Waals surface area contributed by atoms with Crippen LogP contribution in [0, 0.1) is 28.6 Å². The Morgan fingerprint density at radius 3 is 2.71 bits per heavy atom. The van der Waals surface area contributed by atoms with Crippen LogP contribution in [0.15, 0.2) is 11.6 Å². The van der Waals surface area contributed by atoms with Crippen molar-refractivity contribution in [1.82, 2.24) is 0 Å². The predicted molar refractivity (Wildman–Crippen MR) is 93.3 cm³/mol. The first-order chi connectivity index (χ1) is 11.3. The molecular formula is C21H32O3. The van der Waals surface area contributed by atoms with E-state index < -0.39 is 0 Å². The molecule has 4 rings (SSSR count). The number of esters is 1. The van der Waals surface area contributed by atoms with Gasteiger partial charge in [-0.3, -0.25) is 4.79 Å². The quantitative estimate of drug-likeness (QED) is 0.577. The lowest BCUT2D eigenvalue weighted by atomic mass is 9.48. The summed E-state index contributed by atoms with van der Waals surface area (Å²) >= 11 is 0. The van der Waals surface area contributed by atoms with Gasteiger partial charge in [-0.15, -0.1) is 0 Å². The predicted octanol–water partition coefficient (Wildman–Crippen LogP) is 4.24. The highest BCUT2D eigenvalue weighted by molar-refractivity contribution is 5.66. The van der Waals surface area contributed by atoms with Crippen molar-refractivity contribution < 1.29 is 14.6 Å². The Hall–Kier alpha value is -0.830. The molecule has 3 heteroatoms. The fourth-order valence-corrected chi connectivity index (χ4v) is 6.94. The molecule has 0 aromatic carbocycles. The molecule has 0 aromatic heterocycles.